The van der Waals surface area contributed by atoms with E-state index in [0.717, 1.165) is 56.2 Å². The van der Waals surface area contributed by atoms with Crippen molar-refractivity contribution < 1.29 is 4.74 Å². The molecule has 10 aromatic rings. The maximum Gasteiger partial charge on any atom is 0.137 e. The van der Waals surface area contributed by atoms with Crippen LogP contribution in [0.15, 0.2) is 200 Å². The Bertz CT molecular complexity index is 3510. The highest BCUT2D eigenvalue weighted by Crippen LogP contribution is 2.58. The molecule has 2 aromatic heterocycles. The number of pyridine rings is 1. The van der Waals surface area contributed by atoms with Crippen molar-refractivity contribution in [2.45, 2.75) is 45.4 Å². The van der Waals surface area contributed by atoms with Gasteiger partial charge in [0.15, 0.2) is 0 Å². The van der Waals surface area contributed by atoms with E-state index in [1.807, 2.05) is 6.20 Å². The van der Waals surface area contributed by atoms with Crippen LogP contribution in [0.2, 0.25) is 0 Å². The summed E-state index contributed by atoms with van der Waals surface area (Å²) in [7, 11) is 0. The van der Waals surface area contributed by atoms with Gasteiger partial charge in [-0.05, 0) is 99.0 Å². The highest BCUT2D eigenvalue weighted by molar-refractivity contribution is 6.09. The third kappa shape index (κ3) is 6.41. The fraction of sp³-hybridized carbons (Fsp3) is 0.131. The number of benzene rings is 8. The summed E-state index contributed by atoms with van der Waals surface area (Å²) in [5, 5.41) is 2.33. The first-order chi connectivity index (χ1) is 32.1. The summed E-state index contributed by atoms with van der Waals surface area (Å²) in [6.45, 7) is 12.1. The molecule has 320 valence electrons. The Morgan fingerprint density at radius 2 is 1.20 bits per heavy atom. The quantitative estimate of drug-likeness (QED) is 0.160. The van der Waals surface area contributed by atoms with Crippen LogP contribution >= 0.6 is 0 Å². The van der Waals surface area contributed by atoms with Crippen LogP contribution in [0.3, 0.4) is 0 Å². The van der Waals surface area contributed by atoms with Gasteiger partial charge in [0.1, 0.15) is 24.0 Å². The van der Waals surface area contributed by atoms with E-state index in [0.29, 0.717) is 6.67 Å². The molecule has 0 bridgehead atoms. The first-order valence-corrected chi connectivity index (χ1v) is 23.0. The molecule has 5 nitrogen and oxygen atoms in total. The van der Waals surface area contributed by atoms with Crippen molar-refractivity contribution in [2.24, 2.45) is 0 Å². The second-order valence-corrected chi connectivity index (χ2v) is 19.3. The average Bonchev–Trinajstić information content (AvgIpc) is 3.97. The smallest absolute Gasteiger partial charge is 0.137 e. The van der Waals surface area contributed by atoms with Gasteiger partial charge in [-0.3, -0.25) is 4.57 Å². The van der Waals surface area contributed by atoms with Crippen LogP contribution in [0.5, 0.6) is 11.5 Å². The molecule has 66 heavy (non-hydrogen) atoms. The van der Waals surface area contributed by atoms with Crippen LogP contribution in [0.1, 0.15) is 51.3 Å². The predicted molar refractivity (Wildman–Crippen MR) is 274 cm³/mol. The first kappa shape index (κ1) is 39.7. The van der Waals surface area contributed by atoms with E-state index >= 15 is 0 Å². The van der Waals surface area contributed by atoms with E-state index in [1.165, 1.54) is 55.7 Å². The third-order valence-electron chi connectivity index (χ3n) is 13.9. The Kier molecular flexibility index (Phi) is 9.08. The Morgan fingerprint density at radius 3 is 1.98 bits per heavy atom. The fourth-order valence-electron chi connectivity index (χ4n) is 10.5. The lowest BCUT2D eigenvalue weighted by Gasteiger charge is -2.28. The molecule has 0 unspecified atom stereocenters. The number of hydrogen-bond acceptors (Lipinski definition) is 4. The van der Waals surface area contributed by atoms with Gasteiger partial charge >= 0.3 is 0 Å². The molecule has 0 N–H and O–H groups in total. The summed E-state index contributed by atoms with van der Waals surface area (Å²) < 4.78 is 9.31. The van der Waals surface area contributed by atoms with Gasteiger partial charge in [0.2, 0.25) is 0 Å². The van der Waals surface area contributed by atoms with Crippen LogP contribution in [-0.4, -0.2) is 16.2 Å². The molecule has 0 saturated carbocycles. The minimum absolute atomic E-state index is 0.0211. The molecule has 0 saturated heterocycles. The van der Waals surface area contributed by atoms with Gasteiger partial charge in [0.05, 0.1) is 28.1 Å². The highest BCUT2D eigenvalue weighted by Gasteiger charge is 2.40. The van der Waals surface area contributed by atoms with E-state index in [2.05, 4.69) is 243 Å². The minimum Gasteiger partial charge on any atom is -0.457 e. The maximum absolute atomic E-state index is 7.04. The van der Waals surface area contributed by atoms with Gasteiger partial charge in [-0.1, -0.05) is 162 Å². The number of hydrogen-bond donors (Lipinski definition) is 0. The Hall–Kier alpha value is -7.89. The molecule has 1 aliphatic carbocycles. The molecule has 1 aliphatic heterocycles. The molecule has 2 aliphatic rings. The number of nitrogens with zero attached hydrogens (tertiary/aromatic N) is 4. The number of aromatic nitrogens is 2. The zero-order chi connectivity index (χ0) is 44.7. The molecule has 0 fully saturated rings. The van der Waals surface area contributed by atoms with Gasteiger partial charge in [0, 0.05) is 51.3 Å². The van der Waals surface area contributed by atoms with Crippen molar-refractivity contribution in [1.29, 1.82) is 0 Å². The summed E-state index contributed by atoms with van der Waals surface area (Å²) in [4.78, 5) is 9.92. The number of fused-ring (bicyclic) bond motifs is 7. The summed E-state index contributed by atoms with van der Waals surface area (Å²) >= 11 is 0. The molecule has 0 amide bonds. The van der Waals surface area contributed by atoms with Gasteiger partial charge in [-0.2, -0.15) is 0 Å². The average molecular weight is 855 g/mol. The number of anilines is 4. The molecule has 0 radical (unpaired) electrons. The maximum atomic E-state index is 7.04. The van der Waals surface area contributed by atoms with Gasteiger partial charge in [-0.25, -0.2) is 4.98 Å². The molecular weight excluding hydrogens is 805 g/mol. The van der Waals surface area contributed by atoms with E-state index in [4.69, 9.17) is 9.72 Å². The number of para-hydroxylation sites is 3. The van der Waals surface area contributed by atoms with Gasteiger partial charge in [0.25, 0.3) is 0 Å². The van der Waals surface area contributed by atoms with Crippen molar-refractivity contribution >= 4 is 44.6 Å². The van der Waals surface area contributed by atoms with Crippen LogP contribution < -0.4 is 14.5 Å². The lowest BCUT2D eigenvalue weighted by atomic mass is 9.82. The SMILES string of the molecule is CC(C)(C)c1ccnc(-n2c3ccccc3c3ccc(Oc4cc(-c5ccccc5)cc(N5CN(c6c(-c7ccccc7)ccc7c6-c6ccccc6C7(C)C)c6ccccc65)c4)cc32)c1. The van der Waals surface area contributed by atoms with Crippen LogP contribution in [0.4, 0.5) is 22.7 Å². The molecule has 12 rings (SSSR count). The molecule has 5 heteroatoms. The predicted octanol–water partition coefficient (Wildman–Crippen LogP) is 16.2. The largest absolute Gasteiger partial charge is 0.457 e. The molecular formula is C61H50N4O. The summed E-state index contributed by atoms with van der Waals surface area (Å²) in [5.41, 5.74) is 17.8. The third-order valence-corrected chi connectivity index (χ3v) is 13.9. The Balaban J connectivity index is 1.00. The summed E-state index contributed by atoms with van der Waals surface area (Å²) in [6.07, 6.45) is 1.93. The van der Waals surface area contributed by atoms with Crippen molar-refractivity contribution in [2.75, 3.05) is 16.5 Å². The zero-order valence-electron chi connectivity index (χ0n) is 38.0. The highest BCUT2D eigenvalue weighted by atomic mass is 16.5. The minimum atomic E-state index is -0.143. The van der Waals surface area contributed by atoms with E-state index in [9.17, 15) is 0 Å². The lowest BCUT2D eigenvalue weighted by molar-refractivity contribution is 0.483. The number of ether oxygens (including phenoxy) is 1. The van der Waals surface area contributed by atoms with Crippen molar-refractivity contribution in [3.63, 3.8) is 0 Å². The second kappa shape index (κ2) is 15.1. The molecule has 0 atom stereocenters. The summed E-state index contributed by atoms with van der Waals surface area (Å²) in [5.74, 6) is 2.41. The van der Waals surface area contributed by atoms with Crippen molar-refractivity contribution in [3.8, 4) is 50.7 Å². The normalized spacial score (nSPS) is 13.8. The van der Waals surface area contributed by atoms with E-state index in [-0.39, 0.29) is 10.8 Å². The zero-order valence-corrected chi connectivity index (χ0v) is 38.0. The Labute approximate surface area is 386 Å². The lowest BCUT2D eigenvalue weighted by Crippen LogP contribution is -2.25. The molecule has 3 heterocycles. The summed E-state index contributed by atoms with van der Waals surface area (Å²) in [6, 6.07) is 70.1. The van der Waals surface area contributed by atoms with E-state index < -0.39 is 0 Å². The standard InChI is InChI=1S/C61H50N4O/c1-60(2,3)43-32-33-62-57(36-43)65-53-25-15-13-22-48(53)49-29-28-45(38-56(49)65)66-46-35-42(40-18-8-6-9-19-40)34-44(37-46)63-39-64(55-27-17-16-26-54(55)63)59-47(41-20-10-7-11-21-41)30-31-52-58(59)50-23-12-14-24-51(50)61(52,4)5/h6-38H,39H2,1-5H3. The van der Waals surface area contributed by atoms with Crippen molar-refractivity contribution in [3.05, 3.63) is 217 Å². The molecule has 8 aromatic carbocycles. The first-order valence-electron chi connectivity index (χ1n) is 23.0. The van der Waals surface area contributed by atoms with Crippen LogP contribution in [0, 0.1) is 0 Å². The van der Waals surface area contributed by atoms with Crippen molar-refractivity contribution in [1.82, 2.24) is 9.55 Å². The topological polar surface area (TPSA) is 33.5 Å². The van der Waals surface area contributed by atoms with Crippen LogP contribution in [0.25, 0.3) is 61.0 Å². The van der Waals surface area contributed by atoms with E-state index in [1.54, 1.807) is 0 Å². The van der Waals surface area contributed by atoms with Crippen LogP contribution in [-0.2, 0) is 10.8 Å². The second-order valence-electron chi connectivity index (χ2n) is 19.3. The monoisotopic (exact) mass is 854 g/mol. The fourth-order valence-corrected chi connectivity index (χ4v) is 10.5. The van der Waals surface area contributed by atoms with Gasteiger partial charge < -0.3 is 14.5 Å². The molecule has 0 spiro atoms. The number of rotatable bonds is 7. The van der Waals surface area contributed by atoms with Gasteiger partial charge in [-0.15, -0.1) is 0 Å². The Morgan fingerprint density at radius 1 is 0.515 bits per heavy atom.